The number of sulfonamides is 1. The molecular weight excluding hydrogens is 637 g/mol. The maximum absolute atomic E-state index is 13.3. The van der Waals surface area contributed by atoms with Crippen LogP contribution in [0, 0.1) is 6.92 Å². The van der Waals surface area contributed by atoms with Gasteiger partial charge in [-0.25, -0.2) is 8.42 Å². The molecule has 0 bridgehead atoms. The summed E-state index contributed by atoms with van der Waals surface area (Å²) in [6, 6.07) is 37.9. The van der Waals surface area contributed by atoms with Crippen molar-refractivity contribution in [1.29, 1.82) is 0 Å². The smallest absolute Gasteiger partial charge is 0.102 e. The molecule has 0 fully saturated rings. The number of hydrogen-bond donors (Lipinski definition) is 0. The van der Waals surface area contributed by atoms with Crippen LogP contribution in [0.15, 0.2) is 132 Å². The molecule has 4 nitrogen and oxygen atoms in total. The quantitative estimate of drug-likeness (QED) is 0.162. The first-order chi connectivity index (χ1) is 19.8. The molecule has 0 amide bonds. The van der Waals surface area contributed by atoms with E-state index in [-0.39, 0.29) is 4.90 Å². The van der Waals surface area contributed by atoms with Crippen LogP contribution in [0.1, 0.15) is 54.1 Å². The summed E-state index contributed by atoms with van der Waals surface area (Å²) >= 11 is 1.82. The van der Waals surface area contributed by atoms with Crippen molar-refractivity contribution < 1.29 is 25.7 Å². The van der Waals surface area contributed by atoms with Crippen molar-refractivity contribution in [3.63, 3.8) is 0 Å². The molecule has 5 rings (SSSR count). The normalized spacial score (nSPS) is 12.4. The largest absolute Gasteiger partial charge is 0.672 e. The average molecular weight is 671 g/mol. The van der Waals surface area contributed by atoms with Gasteiger partial charge in [0.2, 0.25) is 0 Å². The molecule has 7 heteroatoms. The van der Waals surface area contributed by atoms with Crippen LogP contribution in [0.5, 0.6) is 0 Å². The zero-order chi connectivity index (χ0) is 29.8. The van der Waals surface area contributed by atoms with E-state index in [1.54, 1.807) is 18.2 Å². The number of nitrogens with one attached hydrogen (secondary N) is 1. The summed E-state index contributed by atoms with van der Waals surface area (Å²) in [6.07, 6.45) is 0. The van der Waals surface area contributed by atoms with Gasteiger partial charge in [0.15, 0.2) is 0 Å². The van der Waals surface area contributed by atoms with Crippen molar-refractivity contribution in [1.82, 2.24) is 0 Å². The topological polar surface area (TPSA) is 72.0 Å². The molecule has 0 aliphatic carbocycles. The van der Waals surface area contributed by atoms with Crippen molar-refractivity contribution in [3.05, 3.63) is 160 Å². The van der Waals surface area contributed by atoms with Crippen LogP contribution >= 0.6 is 9.69 Å². The van der Waals surface area contributed by atoms with Gasteiger partial charge >= 0.3 is 27.0 Å². The summed E-state index contributed by atoms with van der Waals surface area (Å²) in [4.78, 5) is 0.164. The second-order valence-corrected chi connectivity index (χ2v) is 11.5. The maximum Gasteiger partial charge on any atom is 0.102 e. The van der Waals surface area contributed by atoms with Gasteiger partial charge in [0, 0.05) is 0 Å². The molecule has 5 aromatic rings. The van der Waals surface area contributed by atoms with Gasteiger partial charge < -0.3 is 10.5 Å². The van der Waals surface area contributed by atoms with E-state index in [2.05, 4.69) is 59.4 Å². The van der Waals surface area contributed by atoms with Crippen LogP contribution in [0.4, 0.5) is 0 Å². The van der Waals surface area contributed by atoms with Crippen LogP contribution in [0.3, 0.4) is 0 Å². The van der Waals surface area contributed by atoms with Crippen LogP contribution in [0.2, 0.25) is 0 Å². The van der Waals surface area contributed by atoms with Crippen molar-refractivity contribution >= 4 is 30.5 Å². The Morgan fingerprint density at radius 1 is 0.659 bits per heavy atom. The van der Waals surface area contributed by atoms with Crippen LogP contribution in [-0.4, -0.2) is 8.42 Å². The van der Waals surface area contributed by atoms with E-state index < -0.39 is 22.1 Å². The van der Waals surface area contributed by atoms with Crippen molar-refractivity contribution in [2.45, 2.75) is 43.7 Å². The molecule has 213 valence electrons. The third kappa shape index (κ3) is 9.06. The van der Waals surface area contributed by atoms with Crippen molar-refractivity contribution in [2.24, 2.45) is 0 Å². The predicted molar refractivity (Wildman–Crippen MR) is 168 cm³/mol. The number of benzene rings is 5. The molecule has 2 atom stereocenters. The predicted octanol–water partition coefficient (Wildman–Crippen LogP) is 10.2. The molecule has 0 heterocycles. The monoisotopic (exact) mass is 671 g/mol. The number of hydrogen-bond acceptors (Lipinski definition) is 2. The van der Waals surface area contributed by atoms with Crippen LogP contribution in [-0.2, 0) is 27.3 Å². The number of nitrogens with zero attached hydrogens (tertiary/aromatic N) is 1. The van der Waals surface area contributed by atoms with Gasteiger partial charge in [-0.2, -0.15) is 0 Å². The first-order valence-electron chi connectivity index (χ1n) is 13.2. The van der Waals surface area contributed by atoms with Gasteiger partial charge in [-0.3, -0.25) is 0 Å². The van der Waals surface area contributed by atoms with Crippen molar-refractivity contribution in [3.8, 4) is 0 Å². The second kappa shape index (κ2) is 16.0. The van der Waals surface area contributed by atoms with E-state index in [1.165, 1.54) is 11.1 Å². The molecule has 0 aromatic heterocycles. The Morgan fingerprint density at radius 3 is 1.76 bits per heavy atom. The van der Waals surface area contributed by atoms with Crippen LogP contribution < -0.4 is 0 Å². The van der Waals surface area contributed by atoms with Gasteiger partial charge in [0.05, 0.1) is 4.90 Å². The first kappa shape index (κ1) is 32.7. The SMILES string of the molecule is Cc1ccc(C(C)C)cc1.[Cl][Ru+2].[NH-][C@@H](c1ccccc1)[C@@H]([N-]S(=O)(=O)c1cccc2ccccc12)c1ccccc1. The average Bonchev–Trinajstić information content (AvgIpc) is 3.01. The fraction of sp³-hybridized carbons (Fsp3) is 0.176. The minimum atomic E-state index is -3.98. The summed E-state index contributed by atoms with van der Waals surface area (Å²) in [6.45, 7) is 6.54. The fourth-order valence-corrected chi connectivity index (χ4v) is 5.76. The minimum Gasteiger partial charge on any atom is -0.672 e. The summed E-state index contributed by atoms with van der Waals surface area (Å²) in [5.74, 6) is 0.653. The molecule has 0 unspecified atom stereocenters. The Hall–Kier alpha value is -2.86. The molecule has 0 aliphatic heterocycles. The van der Waals surface area contributed by atoms with E-state index in [4.69, 9.17) is 5.73 Å². The Morgan fingerprint density at radius 2 is 1.17 bits per heavy atom. The van der Waals surface area contributed by atoms with Crippen molar-refractivity contribution in [2.75, 3.05) is 0 Å². The molecule has 41 heavy (non-hydrogen) atoms. The van der Waals surface area contributed by atoms with Gasteiger partial charge in [-0.15, -0.1) is 12.1 Å². The summed E-state index contributed by atoms with van der Waals surface area (Å²) < 4.78 is 30.9. The van der Waals surface area contributed by atoms with E-state index in [1.807, 2.05) is 102 Å². The summed E-state index contributed by atoms with van der Waals surface area (Å²) in [5, 5.41) is 1.47. The zero-order valence-electron chi connectivity index (χ0n) is 23.3. The Bertz CT molecular complexity index is 1590. The molecule has 0 spiro atoms. The Kier molecular flexibility index (Phi) is 12.7. The van der Waals surface area contributed by atoms with Gasteiger partial charge in [-0.1, -0.05) is 152 Å². The molecular formula is C34H34ClN2O2RuS. The minimum absolute atomic E-state index is 0.164. The molecule has 0 saturated heterocycles. The Labute approximate surface area is 258 Å². The molecule has 5 aromatic carbocycles. The third-order valence-electron chi connectivity index (χ3n) is 6.64. The molecule has 0 aliphatic rings. The molecule has 0 radical (unpaired) electrons. The van der Waals surface area contributed by atoms with Gasteiger partial charge in [0.1, 0.15) is 10.0 Å². The van der Waals surface area contributed by atoms with E-state index in [0.717, 1.165) is 10.9 Å². The van der Waals surface area contributed by atoms with Gasteiger partial charge in [0.25, 0.3) is 0 Å². The van der Waals surface area contributed by atoms with E-state index in [9.17, 15) is 8.42 Å². The number of fused-ring (bicyclic) bond motifs is 1. The van der Waals surface area contributed by atoms with E-state index >= 15 is 0 Å². The maximum atomic E-state index is 13.3. The summed E-state index contributed by atoms with van der Waals surface area (Å²) in [7, 11) is 0.587. The Balaban J connectivity index is 0.000000324. The number of rotatable bonds is 7. The number of aryl methyl sites for hydroxylation is 1. The standard InChI is InChI=1S/C24H20N2O2S.C10H14.ClH.Ru/c25-23(19-11-3-1-4-12-19)24(20-13-5-2-6-14-20)26-29(27,28)22-17-9-15-18-10-7-8-16-21(18)22;1-8(2)10-6-4-9(3)5-7-10;;/h1-17,23-25H;4-8H,1-3H3;1H;/q-2;;;+3/p-1/t23-,24-;;;/m0.../s1. The number of halogens is 1. The first-order valence-corrected chi connectivity index (χ1v) is 16.9. The van der Waals surface area contributed by atoms with E-state index in [0.29, 0.717) is 16.9 Å². The van der Waals surface area contributed by atoms with Gasteiger partial charge in [-0.05, 0) is 35.2 Å². The summed E-state index contributed by atoms with van der Waals surface area (Å²) in [5.41, 5.74) is 12.9. The zero-order valence-corrected chi connectivity index (χ0v) is 26.6. The van der Waals surface area contributed by atoms with Crippen LogP contribution in [0.25, 0.3) is 21.2 Å². The third-order valence-corrected chi connectivity index (χ3v) is 8.06. The fourth-order valence-electron chi connectivity index (χ4n) is 4.39. The second-order valence-electron chi connectivity index (χ2n) is 9.87. The molecule has 1 N–H and O–H groups in total. The molecule has 0 saturated carbocycles.